The average Bonchev–Trinajstić information content (AvgIpc) is 2.42. The summed E-state index contributed by atoms with van der Waals surface area (Å²) in [7, 11) is 1.59. The smallest absolute Gasteiger partial charge is 0.358 e. The molecule has 3 nitrogen and oxygen atoms in total. The van der Waals surface area contributed by atoms with Crippen LogP contribution in [0.2, 0.25) is 0 Å². The molecule has 0 spiro atoms. The zero-order chi connectivity index (χ0) is 12.1. The SMILES string of the molecule is CO[SiH](OC)C1(c2ccccc2)CCCCO1. The fourth-order valence-corrected chi connectivity index (χ4v) is 4.68. The highest BCUT2D eigenvalue weighted by atomic mass is 28.3. The number of ether oxygens (including phenoxy) is 1. The number of benzene rings is 1. The zero-order valence-electron chi connectivity index (χ0n) is 10.5. The first-order valence-corrected chi connectivity index (χ1v) is 7.60. The Labute approximate surface area is 105 Å². The Morgan fingerprint density at radius 1 is 1.12 bits per heavy atom. The molecule has 0 amide bonds. The second kappa shape index (κ2) is 5.77. The molecule has 0 N–H and O–H groups in total. The Morgan fingerprint density at radius 2 is 1.82 bits per heavy atom. The largest absolute Gasteiger partial charge is 0.398 e. The molecule has 2 rings (SSSR count). The van der Waals surface area contributed by atoms with Crippen LogP contribution in [0.3, 0.4) is 0 Å². The molecular weight excluding hydrogens is 232 g/mol. The van der Waals surface area contributed by atoms with Crippen LogP contribution in [0.4, 0.5) is 0 Å². The van der Waals surface area contributed by atoms with Crippen molar-refractivity contribution in [1.82, 2.24) is 0 Å². The van der Waals surface area contributed by atoms with Crippen LogP contribution < -0.4 is 0 Å². The molecule has 1 unspecified atom stereocenters. The molecular formula is C13H20O3Si. The quantitative estimate of drug-likeness (QED) is 0.768. The lowest BCUT2D eigenvalue weighted by Crippen LogP contribution is -2.50. The van der Waals surface area contributed by atoms with E-state index in [-0.39, 0.29) is 5.22 Å². The minimum Gasteiger partial charge on any atom is -0.398 e. The maximum absolute atomic E-state index is 6.11. The molecule has 0 aromatic heterocycles. The number of hydrogen-bond donors (Lipinski definition) is 0. The minimum absolute atomic E-state index is 0.316. The van der Waals surface area contributed by atoms with Gasteiger partial charge < -0.3 is 13.6 Å². The predicted octanol–water partition coefficient (Wildman–Crippen LogP) is 2.13. The van der Waals surface area contributed by atoms with Crippen LogP contribution in [-0.2, 0) is 18.8 Å². The summed E-state index contributed by atoms with van der Waals surface area (Å²) >= 11 is 0. The van der Waals surface area contributed by atoms with E-state index in [1.165, 1.54) is 12.0 Å². The van der Waals surface area contributed by atoms with Crippen LogP contribution in [0.25, 0.3) is 0 Å². The molecule has 17 heavy (non-hydrogen) atoms. The van der Waals surface area contributed by atoms with Crippen molar-refractivity contribution in [3.05, 3.63) is 35.9 Å². The molecule has 1 atom stereocenters. The lowest BCUT2D eigenvalue weighted by molar-refractivity contribution is -0.0511. The van der Waals surface area contributed by atoms with Crippen molar-refractivity contribution in [1.29, 1.82) is 0 Å². The Morgan fingerprint density at radius 3 is 2.35 bits per heavy atom. The predicted molar refractivity (Wildman–Crippen MR) is 69.1 cm³/mol. The summed E-state index contributed by atoms with van der Waals surface area (Å²) in [6, 6.07) is 10.3. The molecule has 0 saturated carbocycles. The van der Waals surface area contributed by atoms with Gasteiger partial charge in [0, 0.05) is 20.8 Å². The Balaban J connectivity index is 2.35. The third-order valence-electron chi connectivity index (χ3n) is 3.37. The van der Waals surface area contributed by atoms with Gasteiger partial charge in [0.2, 0.25) is 0 Å². The highest BCUT2D eigenvalue weighted by Gasteiger charge is 2.46. The first-order chi connectivity index (χ1) is 8.33. The first kappa shape index (κ1) is 12.8. The zero-order valence-corrected chi connectivity index (χ0v) is 11.7. The summed E-state index contributed by atoms with van der Waals surface area (Å²) < 4.78 is 17.3. The number of hydrogen-bond acceptors (Lipinski definition) is 3. The van der Waals surface area contributed by atoms with Gasteiger partial charge >= 0.3 is 9.28 Å². The van der Waals surface area contributed by atoms with E-state index in [9.17, 15) is 0 Å². The fraction of sp³-hybridized carbons (Fsp3) is 0.538. The van der Waals surface area contributed by atoms with Crippen LogP contribution in [0, 0.1) is 0 Å². The van der Waals surface area contributed by atoms with Gasteiger partial charge in [-0.1, -0.05) is 30.3 Å². The standard InChI is InChI=1S/C13H20O3Si/c1-14-17(15-2)13(10-6-7-11-16-13)12-8-4-3-5-9-12/h3-5,8-9,17H,6-7,10-11H2,1-2H3. The molecule has 1 aliphatic rings. The van der Waals surface area contributed by atoms with Crippen LogP contribution in [0.5, 0.6) is 0 Å². The average molecular weight is 252 g/mol. The van der Waals surface area contributed by atoms with E-state index in [1.807, 2.05) is 18.2 Å². The second-order valence-electron chi connectivity index (χ2n) is 4.36. The number of rotatable bonds is 4. The van der Waals surface area contributed by atoms with E-state index in [2.05, 4.69) is 12.1 Å². The van der Waals surface area contributed by atoms with Crippen LogP contribution in [0.15, 0.2) is 30.3 Å². The van der Waals surface area contributed by atoms with Gasteiger partial charge in [-0.3, -0.25) is 0 Å². The van der Waals surface area contributed by atoms with Crippen molar-refractivity contribution in [2.75, 3.05) is 20.8 Å². The summed E-state index contributed by atoms with van der Waals surface area (Å²) in [5.74, 6) is 0. The summed E-state index contributed by atoms with van der Waals surface area (Å²) in [5, 5.41) is -0.316. The molecule has 1 fully saturated rings. The highest BCUT2D eigenvalue weighted by Crippen LogP contribution is 2.37. The van der Waals surface area contributed by atoms with Gasteiger partial charge in [0.05, 0.1) is 0 Å². The summed E-state index contributed by atoms with van der Waals surface area (Å²) in [5.41, 5.74) is 1.19. The van der Waals surface area contributed by atoms with Gasteiger partial charge in [-0.25, -0.2) is 0 Å². The molecule has 4 heteroatoms. The van der Waals surface area contributed by atoms with E-state index < -0.39 is 9.28 Å². The molecule has 94 valence electrons. The van der Waals surface area contributed by atoms with Gasteiger partial charge in [-0.2, -0.15) is 0 Å². The third-order valence-corrected chi connectivity index (χ3v) is 5.78. The molecule has 1 saturated heterocycles. The summed E-state index contributed by atoms with van der Waals surface area (Å²) in [6.07, 6.45) is 3.30. The van der Waals surface area contributed by atoms with Crippen molar-refractivity contribution < 1.29 is 13.6 Å². The van der Waals surface area contributed by atoms with Crippen molar-refractivity contribution in [3.8, 4) is 0 Å². The van der Waals surface area contributed by atoms with Gasteiger partial charge in [-0.15, -0.1) is 0 Å². The van der Waals surface area contributed by atoms with E-state index in [0.717, 1.165) is 19.4 Å². The third kappa shape index (κ3) is 2.45. The Bertz CT molecular complexity index is 332. The van der Waals surface area contributed by atoms with Gasteiger partial charge in [0.1, 0.15) is 5.22 Å². The molecule has 0 aliphatic carbocycles. The fourth-order valence-electron chi connectivity index (χ4n) is 2.56. The highest BCUT2D eigenvalue weighted by molar-refractivity contribution is 6.48. The first-order valence-electron chi connectivity index (χ1n) is 6.08. The van der Waals surface area contributed by atoms with Gasteiger partial charge in [0.25, 0.3) is 0 Å². The van der Waals surface area contributed by atoms with Crippen LogP contribution in [-0.4, -0.2) is 30.1 Å². The van der Waals surface area contributed by atoms with Gasteiger partial charge in [-0.05, 0) is 24.8 Å². The van der Waals surface area contributed by atoms with E-state index in [4.69, 9.17) is 13.6 Å². The Kier molecular flexibility index (Phi) is 4.34. The van der Waals surface area contributed by atoms with Crippen molar-refractivity contribution in [2.45, 2.75) is 24.5 Å². The Hall–Kier alpha value is -0.683. The van der Waals surface area contributed by atoms with Crippen LogP contribution >= 0.6 is 0 Å². The molecule has 1 aromatic carbocycles. The van der Waals surface area contributed by atoms with E-state index in [0.29, 0.717) is 0 Å². The molecule has 1 aliphatic heterocycles. The molecule has 0 bridgehead atoms. The lowest BCUT2D eigenvalue weighted by Gasteiger charge is -2.40. The van der Waals surface area contributed by atoms with Gasteiger partial charge in [0.15, 0.2) is 0 Å². The monoisotopic (exact) mass is 252 g/mol. The lowest BCUT2D eigenvalue weighted by atomic mass is 10.0. The second-order valence-corrected chi connectivity index (χ2v) is 6.90. The summed E-state index contributed by atoms with van der Waals surface area (Å²) in [6.45, 7) is 0.797. The maximum atomic E-state index is 6.11. The van der Waals surface area contributed by atoms with Crippen LogP contribution in [0.1, 0.15) is 24.8 Å². The summed E-state index contributed by atoms with van der Waals surface area (Å²) in [4.78, 5) is 0. The van der Waals surface area contributed by atoms with Crippen molar-refractivity contribution >= 4 is 9.28 Å². The maximum Gasteiger partial charge on any atom is 0.358 e. The topological polar surface area (TPSA) is 27.7 Å². The molecule has 1 aromatic rings. The molecule has 0 radical (unpaired) electrons. The minimum atomic E-state index is -1.86. The van der Waals surface area contributed by atoms with Crippen molar-refractivity contribution in [2.24, 2.45) is 0 Å². The van der Waals surface area contributed by atoms with E-state index >= 15 is 0 Å². The van der Waals surface area contributed by atoms with Crippen molar-refractivity contribution in [3.63, 3.8) is 0 Å². The van der Waals surface area contributed by atoms with E-state index in [1.54, 1.807) is 14.2 Å². The molecule has 1 heterocycles. The normalized spacial score (nSPS) is 25.1.